The largest absolute Gasteiger partial charge is 0.350 e. The monoisotopic (exact) mass is 339 g/mol. The minimum absolute atomic E-state index is 0.0247. The molecule has 0 saturated heterocycles. The van der Waals surface area contributed by atoms with Crippen LogP contribution in [0, 0.1) is 10.1 Å². The summed E-state index contributed by atoms with van der Waals surface area (Å²) in [6, 6.07) is 12.6. The van der Waals surface area contributed by atoms with Crippen molar-refractivity contribution < 1.29 is 9.72 Å². The van der Waals surface area contributed by atoms with Crippen molar-refractivity contribution in [3.05, 3.63) is 63.7 Å². The van der Waals surface area contributed by atoms with Gasteiger partial charge in [-0.15, -0.1) is 0 Å². The molecule has 2 aromatic carbocycles. The molecule has 1 aliphatic heterocycles. The molecule has 0 radical (unpaired) electrons. The Hall–Kier alpha value is -2.89. The number of rotatable bonds is 5. The van der Waals surface area contributed by atoms with E-state index in [1.807, 2.05) is 43.0 Å². The Morgan fingerprint density at radius 3 is 2.76 bits per heavy atom. The Balaban J connectivity index is 1.96. The van der Waals surface area contributed by atoms with Gasteiger partial charge in [0.15, 0.2) is 0 Å². The summed E-state index contributed by atoms with van der Waals surface area (Å²) < 4.78 is 0. The fourth-order valence-electron chi connectivity index (χ4n) is 3.04. The normalized spacial score (nSPS) is 14.1. The first-order valence-electron chi connectivity index (χ1n) is 8.46. The van der Waals surface area contributed by atoms with Crippen LogP contribution in [-0.4, -0.2) is 23.4 Å². The van der Waals surface area contributed by atoms with E-state index in [2.05, 4.69) is 5.32 Å². The van der Waals surface area contributed by atoms with Crippen LogP contribution >= 0.6 is 0 Å². The van der Waals surface area contributed by atoms with E-state index in [4.69, 9.17) is 0 Å². The number of nitrogens with one attached hydrogen (secondary N) is 1. The molecular weight excluding hydrogens is 318 g/mol. The average molecular weight is 339 g/mol. The van der Waals surface area contributed by atoms with Gasteiger partial charge >= 0.3 is 0 Å². The van der Waals surface area contributed by atoms with Gasteiger partial charge in [0, 0.05) is 29.9 Å². The van der Waals surface area contributed by atoms with Crippen LogP contribution in [0.3, 0.4) is 0 Å². The fourth-order valence-corrected chi connectivity index (χ4v) is 3.04. The van der Waals surface area contributed by atoms with Crippen LogP contribution < -0.4 is 10.2 Å². The number of nitrogens with zero attached hydrogens (tertiary/aromatic N) is 2. The van der Waals surface area contributed by atoms with Crippen LogP contribution in [0.2, 0.25) is 0 Å². The summed E-state index contributed by atoms with van der Waals surface area (Å²) in [4.78, 5) is 25.4. The number of hydrogen-bond acceptors (Lipinski definition) is 4. The van der Waals surface area contributed by atoms with Crippen LogP contribution in [-0.2, 0) is 6.42 Å². The number of nitro benzene ring substituents is 1. The molecule has 3 rings (SSSR count). The predicted octanol–water partition coefficient (Wildman–Crippen LogP) is 3.82. The maximum Gasteiger partial charge on any atom is 0.293 e. The number of benzene rings is 2. The lowest BCUT2D eigenvalue weighted by Gasteiger charge is -2.20. The smallest absolute Gasteiger partial charge is 0.293 e. The van der Waals surface area contributed by atoms with Crippen LogP contribution in [0.1, 0.15) is 36.2 Å². The number of amides is 1. The lowest BCUT2D eigenvalue weighted by atomic mass is 10.1. The maximum atomic E-state index is 12.3. The van der Waals surface area contributed by atoms with Crippen molar-refractivity contribution in [2.24, 2.45) is 0 Å². The molecule has 0 aromatic heterocycles. The van der Waals surface area contributed by atoms with Gasteiger partial charge in [-0.2, -0.15) is 0 Å². The Morgan fingerprint density at radius 1 is 1.28 bits per heavy atom. The number of carbonyl (C=O) groups excluding carboxylic acids is 1. The second-order valence-electron chi connectivity index (χ2n) is 6.27. The van der Waals surface area contributed by atoms with Gasteiger partial charge in [-0.25, -0.2) is 0 Å². The molecule has 2 aromatic rings. The van der Waals surface area contributed by atoms with Gasteiger partial charge in [0.25, 0.3) is 11.6 Å². The Kier molecular flexibility index (Phi) is 4.70. The molecule has 1 unspecified atom stereocenters. The molecule has 1 heterocycles. The topological polar surface area (TPSA) is 75.5 Å². The minimum atomic E-state index is -0.420. The van der Waals surface area contributed by atoms with Crippen molar-refractivity contribution in [2.75, 3.05) is 11.4 Å². The highest BCUT2D eigenvalue weighted by Crippen LogP contribution is 2.39. The summed E-state index contributed by atoms with van der Waals surface area (Å²) >= 11 is 0. The third kappa shape index (κ3) is 3.33. The molecule has 0 aliphatic carbocycles. The Morgan fingerprint density at radius 2 is 2.04 bits per heavy atom. The lowest BCUT2D eigenvalue weighted by Crippen LogP contribution is -2.32. The molecule has 6 nitrogen and oxygen atoms in total. The van der Waals surface area contributed by atoms with Gasteiger partial charge in [-0.1, -0.05) is 25.1 Å². The second kappa shape index (κ2) is 6.93. The van der Waals surface area contributed by atoms with Crippen molar-refractivity contribution in [1.29, 1.82) is 0 Å². The van der Waals surface area contributed by atoms with Crippen LogP contribution in [0.15, 0.2) is 42.5 Å². The molecule has 6 heteroatoms. The van der Waals surface area contributed by atoms with Crippen molar-refractivity contribution in [1.82, 2.24) is 5.32 Å². The summed E-state index contributed by atoms with van der Waals surface area (Å²) in [5.41, 5.74) is 2.95. The van der Waals surface area contributed by atoms with E-state index in [-0.39, 0.29) is 17.6 Å². The lowest BCUT2D eigenvalue weighted by molar-refractivity contribution is -0.384. The number of anilines is 2. The van der Waals surface area contributed by atoms with Gasteiger partial charge in [0.05, 0.1) is 4.92 Å². The standard InChI is InChI=1S/C19H21N3O3/c1-3-13(2)20-19(23)15-8-9-17(18(12-15)22(24)25)21-11-10-14-6-4-5-7-16(14)21/h4-9,12-13H,3,10-11H2,1-2H3,(H,20,23). The van der Waals surface area contributed by atoms with Crippen LogP contribution in [0.25, 0.3) is 0 Å². The van der Waals surface area contributed by atoms with E-state index in [1.54, 1.807) is 12.1 Å². The highest BCUT2D eigenvalue weighted by atomic mass is 16.6. The summed E-state index contributed by atoms with van der Waals surface area (Å²) in [5, 5.41) is 14.4. The van der Waals surface area contributed by atoms with Crippen molar-refractivity contribution in [2.45, 2.75) is 32.7 Å². The summed E-state index contributed by atoms with van der Waals surface area (Å²) in [6.45, 7) is 4.57. The van der Waals surface area contributed by atoms with Crippen molar-refractivity contribution in [3.63, 3.8) is 0 Å². The maximum absolute atomic E-state index is 12.3. The SMILES string of the molecule is CCC(C)NC(=O)c1ccc(N2CCc3ccccc32)c([N+](=O)[O-])c1. The first kappa shape index (κ1) is 17.0. The van der Waals surface area contributed by atoms with Gasteiger partial charge in [-0.05, 0) is 43.5 Å². The van der Waals surface area contributed by atoms with Crippen LogP contribution in [0.5, 0.6) is 0 Å². The third-order valence-electron chi connectivity index (χ3n) is 4.60. The molecular formula is C19H21N3O3. The number of carbonyl (C=O) groups is 1. The molecule has 1 N–H and O–H groups in total. The van der Waals surface area contributed by atoms with Gasteiger partial charge in [0.1, 0.15) is 5.69 Å². The summed E-state index contributed by atoms with van der Waals surface area (Å²) in [7, 11) is 0. The fraction of sp³-hybridized carbons (Fsp3) is 0.316. The molecule has 0 spiro atoms. The number of nitro groups is 1. The highest BCUT2D eigenvalue weighted by molar-refractivity contribution is 5.96. The van der Waals surface area contributed by atoms with Gasteiger partial charge in [-0.3, -0.25) is 14.9 Å². The van der Waals surface area contributed by atoms with Crippen molar-refractivity contribution in [3.8, 4) is 0 Å². The molecule has 1 aliphatic rings. The van der Waals surface area contributed by atoms with E-state index in [9.17, 15) is 14.9 Å². The predicted molar refractivity (Wildman–Crippen MR) is 97.5 cm³/mol. The van der Waals surface area contributed by atoms with Gasteiger partial charge in [0.2, 0.25) is 0 Å². The molecule has 0 fully saturated rings. The zero-order chi connectivity index (χ0) is 18.0. The Labute approximate surface area is 146 Å². The summed E-state index contributed by atoms with van der Waals surface area (Å²) in [5.74, 6) is -0.286. The van der Waals surface area contributed by atoms with E-state index in [0.717, 1.165) is 18.5 Å². The van der Waals surface area contributed by atoms with E-state index < -0.39 is 4.92 Å². The zero-order valence-corrected chi connectivity index (χ0v) is 14.4. The number of hydrogen-bond donors (Lipinski definition) is 1. The quantitative estimate of drug-likeness (QED) is 0.664. The molecule has 0 bridgehead atoms. The first-order chi connectivity index (χ1) is 12.0. The number of para-hydroxylation sites is 1. The average Bonchev–Trinajstić information content (AvgIpc) is 3.04. The highest BCUT2D eigenvalue weighted by Gasteiger charge is 2.27. The van der Waals surface area contributed by atoms with Crippen LogP contribution in [0.4, 0.5) is 17.1 Å². The van der Waals surface area contributed by atoms with Gasteiger partial charge < -0.3 is 10.2 Å². The first-order valence-corrected chi connectivity index (χ1v) is 8.46. The Bertz CT molecular complexity index is 819. The zero-order valence-electron chi connectivity index (χ0n) is 14.4. The molecule has 130 valence electrons. The molecule has 25 heavy (non-hydrogen) atoms. The van der Waals surface area contributed by atoms with Crippen molar-refractivity contribution >= 4 is 23.0 Å². The summed E-state index contributed by atoms with van der Waals surface area (Å²) in [6.07, 6.45) is 1.65. The minimum Gasteiger partial charge on any atom is -0.350 e. The van der Waals surface area contributed by atoms with E-state index >= 15 is 0 Å². The van der Waals surface area contributed by atoms with E-state index in [1.165, 1.54) is 11.6 Å². The third-order valence-corrected chi connectivity index (χ3v) is 4.60. The molecule has 1 amide bonds. The number of fused-ring (bicyclic) bond motifs is 1. The second-order valence-corrected chi connectivity index (χ2v) is 6.27. The molecule has 1 atom stereocenters. The van der Waals surface area contributed by atoms with E-state index in [0.29, 0.717) is 17.8 Å². The molecule has 0 saturated carbocycles.